The standard InChI is InChI=1S/C10H11O/c1-2-11-9-8-10-6-4-3-5-7-10/h3-8H,2H2,1H3. The van der Waals surface area contributed by atoms with Gasteiger partial charge in [0.15, 0.2) is 6.26 Å². The summed E-state index contributed by atoms with van der Waals surface area (Å²) in [5, 5.41) is 0. The normalized spacial score (nSPS) is 10.3. The lowest BCUT2D eigenvalue weighted by molar-refractivity contribution is 0.250. The predicted molar refractivity (Wildman–Crippen MR) is 45.8 cm³/mol. The second-order valence-electron chi connectivity index (χ2n) is 2.11. The first-order valence-electron chi connectivity index (χ1n) is 3.69. The van der Waals surface area contributed by atoms with E-state index in [0.29, 0.717) is 6.61 Å². The van der Waals surface area contributed by atoms with Crippen LogP contribution in [0.5, 0.6) is 0 Å². The van der Waals surface area contributed by atoms with E-state index in [0.717, 1.165) is 5.56 Å². The van der Waals surface area contributed by atoms with Crippen molar-refractivity contribution in [1.29, 1.82) is 0 Å². The van der Waals surface area contributed by atoms with Gasteiger partial charge in [0.05, 0.1) is 6.61 Å². The van der Waals surface area contributed by atoms with Crippen LogP contribution in [0, 0.1) is 6.26 Å². The minimum absolute atomic E-state index is 0.670. The van der Waals surface area contributed by atoms with Gasteiger partial charge in [-0.3, -0.25) is 0 Å². The van der Waals surface area contributed by atoms with E-state index >= 15 is 0 Å². The zero-order valence-corrected chi connectivity index (χ0v) is 6.58. The van der Waals surface area contributed by atoms with Gasteiger partial charge in [-0.1, -0.05) is 30.3 Å². The zero-order chi connectivity index (χ0) is 7.94. The summed E-state index contributed by atoms with van der Waals surface area (Å²) in [6.07, 6.45) is 4.55. The van der Waals surface area contributed by atoms with Gasteiger partial charge in [0.25, 0.3) is 0 Å². The molecule has 1 nitrogen and oxygen atoms in total. The summed E-state index contributed by atoms with van der Waals surface area (Å²) in [7, 11) is 0. The summed E-state index contributed by atoms with van der Waals surface area (Å²) in [4.78, 5) is 0. The lowest BCUT2D eigenvalue weighted by atomic mass is 10.2. The average Bonchev–Trinajstić information content (AvgIpc) is 2.07. The van der Waals surface area contributed by atoms with E-state index in [-0.39, 0.29) is 0 Å². The van der Waals surface area contributed by atoms with Crippen LogP contribution in [0.3, 0.4) is 0 Å². The Bertz CT molecular complexity index is 214. The van der Waals surface area contributed by atoms with E-state index in [9.17, 15) is 0 Å². The summed E-state index contributed by atoms with van der Waals surface area (Å²) >= 11 is 0. The van der Waals surface area contributed by atoms with Crippen molar-refractivity contribution in [2.45, 2.75) is 6.92 Å². The maximum absolute atomic E-state index is 4.93. The van der Waals surface area contributed by atoms with Gasteiger partial charge >= 0.3 is 0 Å². The smallest absolute Gasteiger partial charge is 0.161 e. The maximum atomic E-state index is 4.93. The molecule has 0 fully saturated rings. The first kappa shape index (κ1) is 7.86. The molecule has 0 amide bonds. The average molecular weight is 147 g/mol. The third-order valence-corrected chi connectivity index (χ3v) is 1.25. The Hall–Kier alpha value is -1.24. The molecule has 0 unspecified atom stereocenters. The predicted octanol–water partition coefficient (Wildman–Crippen LogP) is 2.50. The van der Waals surface area contributed by atoms with Crippen LogP contribution in [-0.4, -0.2) is 6.61 Å². The van der Waals surface area contributed by atoms with E-state index in [1.54, 1.807) is 0 Å². The molecule has 1 aromatic carbocycles. The highest BCUT2D eigenvalue weighted by molar-refractivity contribution is 5.45. The fourth-order valence-corrected chi connectivity index (χ4v) is 0.742. The van der Waals surface area contributed by atoms with Crippen LogP contribution < -0.4 is 0 Å². The van der Waals surface area contributed by atoms with Crippen LogP contribution >= 0.6 is 0 Å². The molecule has 0 atom stereocenters. The fraction of sp³-hybridized carbons (Fsp3) is 0.200. The lowest BCUT2D eigenvalue weighted by Gasteiger charge is -1.91. The molecule has 1 rings (SSSR count). The summed E-state index contributed by atoms with van der Waals surface area (Å²) < 4.78 is 4.93. The van der Waals surface area contributed by atoms with Crippen molar-refractivity contribution in [3.05, 3.63) is 42.2 Å². The van der Waals surface area contributed by atoms with E-state index in [1.165, 1.54) is 0 Å². The molecule has 0 spiro atoms. The minimum Gasteiger partial charge on any atom is -0.490 e. The van der Waals surface area contributed by atoms with Crippen molar-refractivity contribution in [3.8, 4) is 0 Å². The van der Waals surface area contributed by atoms with E-state index in [1.807, 2.05) is 43.3 Å². The van der Waals surface area contributed by atoms with Crippen molar-refractivity contribution in [1.82, 2.24) is 0 Å². The quantitative estimate of drug-likeness (QED) is 0.597. The van der Waals surface area contributed by atoms with Crippen LogP contribution in [0.25, 0.3) is 6.08 Å². The molecule has 0 bridgehead atoms. The van der Waals surface area contributed by atoms with Gasteiger partial charge in [-0.15, -0.1) is 0 Å². The summed E-state index contributed by atoms with van der Waals surface area (Å²) in [6.45, 7) is 2.61. The largest absolute Gasteiger partial charge is 0.490 e. The van der Waals surface area contributed by atoms with E-state index in [2.05, 4.69) is 6.26 Å². The van der Waals surface area contributed by atoms with Crippen LogP contribution in [0.1, 0.15) is 12.5 Å². The van der Waals surface area contributed by atoms with Crippen molar-refractivity contribution in [3.63, 3.8) is 0 Å². The molecule has 0 saturated carbocycles. The summed E-state index contributed by atoms with van der Waals surface area (Å²) in [5.74, 6) is 0. The number of hydrogen-bond acceptors (Lipinski definition) is 1. The van der Waals surface area contributed by atoms with Gasteiger partial charge in [0, 0.05) is 0 Å². The van der Waals surface area contributed by atoms with Gasteiger partial charge < -0.3 is 4.74 Å². The molecule has 0 aliphatic carbocycles. The molecule has 0 aliphatic rings. The Morgan fingerprint density at radius 1 is 1.36 bits per heavy atom. The van der Waals surface area contributed by atoms with Crippen molar-refractivity contribution < 1.29 is 4.74 Å². The Labute approximate surface area is 67.3 Å². The fourth-order valence-electron chi connectivity index (χ4n) is 0.742. The first-order valence-corrected chi connectivity index (χ1v) is 3.69. The Balaban J connectivity index is 2.50. The Morgan fingerprint density at radius 2 is 2.09 bits per heavy atom. The third kappa shape index (κ3) is 2.89. The lowest BCUT2D eigenvalue weighted by Crippen LogP contribution is -1.77. The number of benzene rings is 1. The molecule has 1 radical (unpaired) electrons. The second kappa shape index (κ2) is 4.56. The van der Waals surface area contributed by atoms with Crippen molar-refractivity contribution in [2.24, 2.45) is 0 Å². The molecule has 0 heterocycles. The Morgan fingerprint density at radius 3 is 2.73 bits per heavy atom. The van der Waals surface area contributed by atoms with Gasteiger partial charge in [0.1, 0.15) is 0 Å². The monoisotopic (exact) mass is 147 g/mol. The number of hydrogen-bond donors (Lipinski definition) is 0. The van der Waals surface area contributed by atoms with Gasteiger partial charge in [-0.05, 0) is 18.6 Å². The van der Waals surface area contributed by atoms with Crippen molar-refractivity contribution >= 4 is 6.08 Å². The van der Waals surface area contributed by atoms with E-state index < -0.39 is 0 Å². The van der Waals surface area contributed by atoms with Crippen molar-refractivity contribution in [2.75, 3.05) is 6.61 Å². The highest BCUT2D eigenvalue weighted by Crippen LogP contribution is 1.99. The minimum atomic E-state index is 0.670. The van der Waals surface area contributed by atoms with Crippen LogP contribution in [0.2, 0.25) is 0 Å². The topological polar surface area (TPSA) is 9.23 Å². The van der Waals surface area contributed by atoms with Gasteiger partial charge in [-0.2, -0.15) is 0 Å². The molecular weight excluding hydrogens is 136 g/mol. The van der Waals surface area contributed by atoms with Crippen LogP contribution in [0.4, 0.5) is 0 Å². The zero-order valence-electron chi connectivity index (χ0n) is 6.58. The second-order valence-corrected chi connectivity index (χ2v) is 2.11. The number of ether oxygens (including phenoxy) is 1. The van der Waals surface area contributed by atoms with Gasteiger partial charge in [-0.25, -0.2) is 0 Å². The maximum Gasteiger partial charge on any atom is 0.161 e. The molecule has 0 saturated heterocycles. The SMILES string of the molecule is CCO[C]=Cc1ccccc1. The molecule has 57 valence electrons. The van der Waals surface area contributed by atoms with E-state index in [4.69, 9.17) is 4.74 Å². The molecule has 0 aromatic heterocycles. The molecule has 1 aromatic rings. The Kier molecular flexibility index (Phi) is 3.26. The highest BCUT2D eigenvalue weighted by Gasteiger charge is 1.81. The van der Waals surface area contributed by atoms with Gasteiger partial charge in [0.2, 0.25) is 0 Å². The van der Waals surface area contributed by atoms with Crippen LogP contribution in [0.15, 0.2) is 30.3 Å². The van der Waals surface area contributed by atoms with Crippen LogP contribution in [-0.2, 0) is 4.74 Å². The highest BCUT2D eigenvalue weighted by atomic mass is 16.5. The molecular formula is C10H11O. The third-order valence-electron chi connectivity index (χ3n) is 1.25. The summed E-state index contributed by atoms with van der Waals surface area (Å²) in [5.41, 5.74) is 1.11. The molecule has 1 heteroatoms. The first-order chi connectivity index (χ1) is 5.43. The molecule has 0 aliphatic heterocycles. The number of rotatable bonds is 3. The molecule has 0 N–H and O–H groups in total. The molecule has 11 heavy (non-hydrogen) atoms. The summed E-state index contributed by atoms with van der Waals surface area (Å²) in [6, 6.07) is 9.97.